The molecule has 0 saturated heterocycles. The monoisotopic (exact) mass is 161 g/mol. The molecular formula is C6H19NSi2. The van der Waals surface area contributed by atoms with E-state index in [1.54, 1.807) is 0 Å². The van der Waals surface area contributed by atoms with Crippen LogP contribution in [-0.4, -0.2) is 42.5 Å². The lowest BCUT2D eigenvalue weighted by Crippen LogP contribution is -2.37. The van der Waals surface area contributed by atoms with Crippen LogP contribution >= 0.6 is 0 Å². The zero-order valence-electron chi connectivity index (χ0n) is 7.15. The largest absolute Gasteiger partial charge is 0.305 e. The summed E-state index contributed by atoms with van der Waals surface area (Å²) in [6.45, 7) is 9.38. The van der Waals surface area contributed by atoms with E-state index in [1.165, 1.54) is 22.8 Å². The first-order chi connectivity index (χ1) is 4.26. The van der Waals surface area contributed by atoms with Crippen LogP contribution in [0.15, 0.2) is 0 Å². The normalized spacial score (nSPS) is 16.0. The molecule has 1 nitrogen and oxygen atoms in total. The molecule has 0 rings (SSSR count). The minimum absolute atomic E-state index is 0.334. The SMILES string of the molecule is CCN(CC)C(C)[SiH2][SiH3]. The van der Waals surface area contributed by atoms with Gasteiger partial charge in [-0.05, 0) is 28.5 Å². The number of hydrogen-bond donors (Lipinski definition) is 0. The number of nitrogens with zero attached hydrogens (tertiary/aromatic N) is 1. The van der Waals surface area contributed by atoms with Gasteiger partial charge in [-0.25, -0.2) is 0 Å². The van der Waals surface area contributed by atoms with Crippen molar-refractivity contribution in [3.63, 3.8) is 0 Å². The third-order valence-electron chi connectivity index (χ3n) is 2.03. The molecule has 0 fully saturated rings. The third-order valence-corrected chi connectivity index (χ3v) is 7.27. The van der Waals surface area contributed by atoms with Gasteiger partial charge in [-0.3, -0.25) is 0 Å². The van der Waals surface area contributed by atoms with Crippen molar-refractivity contribution in [2.45, 2.75) is 26.4 Å². The smallest absolute Gasteiger partial charge is 0.0249 e. The quantitative estimate of drug-likeness (QED) is 0.484. The highest BCUT2D eigenvalue weighted by Crippen LogP contribution is 1.93. The van der Waals surface area contributed by atoms with Crippen LogP contribution in [-0.2, 0) is 0 Å². The first-order valence-electron chi connectivity index (χ1n) is 4.00. The van der Waals surface area contributed by atoms with Crippen LogP contribution in [0, 0.1) is 0 Å². The molecule has 9 heavy (non-hydrogen) atoms. The molecule has 0 aliphatic heterocycles. The summed E-state index contributed by atoms with van der Waals surface area (Å²) >= 11 is 0. The van der Waals surface area contributed by atoms with Gasteiger partial charge in [-0.15, -0.1) is 0 Å². The lowest BCUT2D eigenvalue weighted by Gasteiger charge is -2.24. The van der Waals surface area contributed by atoms with Crippen molar-refractivity contribution in [1.82, 2.24) is 4.90 Å². The van der Waals surface area contributed by atoms with Crippen molar-refractivity contribution in [2.24, 2.45) is 0 Å². The second kappa shape index (κ2) is 5.20. The Morgan fingerprint density at radius 3 is 2.00 bits per heavy atom. The second-order valence-corrected chi connectivity index (χ2v) is 6.93. The second-order valence-electron chi connectivity index (χ2n) is 2.48. The molecule has 3 heteroatoms. The van der Waals surface area contributed by atoms with E-state index in [0.717, 1.165) is 5.67 Å². The first-order valence-corrected chi connectivity index (χ1v) is 10.5. The maximum Gasteiger partial charge on any atom is 0.0249 e. The Balaban J connectivity index is 3.50. The Hall–Kier alpha value is 0.394. The summed E-state index contributed by atoms with van der Waals surface area (Å²) in [5.74, 6) is 0. The summed E-state index contributed by atoms with van der Waals surface area (Å²) in [5.41, 5.74) is 0.965. The van der Waals surface area contributed by atoms with E-state index >= 15 is 0 Å². The molecule has 0 radical (unpaired) electrons. The summed E-state index contributed by atoms with van der Waals surface area (Å²) in [4.78, 5) is 2.57. The standard InChI is InChI=1S/C6H19NSi2/c1-4-7(5-2)6(3)9-8/h6H,4-5,9H2,1-3,8H3. The summed E-state index contributed by atoms with van der Waals surface area (Å²) in [5, 5.41) is 0. The summed E-state index contributed by atoms with van der Waals surface area (Å²) in [6.07, 6.45) is 0. The zero-order valence-corrected chi connectivity index (χ0v) is 10.6. The van der Waals surface area contributed by atoms with Gasteiger partial charge in [0, 0.05) is 9.04 Å². The molecule has 0 saturated carbocycles. The molecule has 0 aromatic carbocycles. The molecule has 0 aromatic rings. The van der Waals surface area contributed by atoms with Crippen molar-refractivity contribution < 1.29 is 0 Å². The average Bonchev–Trinajstić information content (AvgIpc) is 1.90. The lowest BCUT2D eigenvalue weighted by molar-refractivity contribution is 0.290. The maximum absolute atomic E-state index is 2.57. The van der Waals surface area contributed by atoms with Crippen LogP contribution in [0.5, 0.6) is 0 Å². The molecule has 0 N–H and O–H groups in total. The highest BCUT2D eigenvalue weighted by atomic mass is 29.1. The predicted octanol–water partition coefficient (Wildman–Crippen LogP) is -0.877. The summed E-state index contributed by atoms with van der Waals surface area (Å²) < 4.78 is 0. The minimum atomic E-state index is 0.334. The Labute approximate surface area is 63.9 Å². The number of rotatable bonds is 4. The van der Waals surface area contributed by atoms with Gasteiger partial charge in [-0.1, -0.05) is 20.8 Å². The van der Waals surface area contributed by atoms with Crippen LogP contribution in [0.25, 0.3) is 0 Å². The molecule has 1 atom stereocenters. The van der Waals surface area contributed by atoms with Gasteiger partial charge < -0.3 is 4.90 Å². The van der Waals surface area contributed by atoms with Crippen LogP contribution in [0.2, 0.25) is 0 Å². The minimum Gasteiger partial charge on any atom is -0.305 e. The highest BCUT2D eigenvalue weighted by Gasteiger charge is 2.05. The molecular weight excluding hydrogens is 142 g/mol. The molecule has 0 aromatic heterocycles. The van der Waals surface area contributed by atoms with Crippen LogP contribution in [0.3, 0.4) is 0 Å². The molecule has 56 valence electrons. The van der Waals surface area contributed by atoms with Crippen LogP contribution in [0.4, 0.5) is 0 Å². The van der Waals surface area contributed by atoms with Gasteiger partial charge in [-0.2, -0.15) is 0 Å². The maximum atomic E-state index is 2.57. The van der Waals surface area contributed by atoms with Gasteiger partial charge >= 0.3 is 0 Å². The van der Waals surface area contributed by atoms with Crippen molar-refractivity contribution in [1.29, 1.82) is 0 Å². The first kappa shape index (κ1) is 9.39. The van der Waals surface area contributed by atoms with E-state index in [9.17, 15) is 0 Å². The zero-order chi connectivity index (χ0) is 7.28. The van der Waals surface area contributed by atoms with Gasteiger partial charge in [0.25, 0.3) is 0 Å². The number of hydrogen-bond acceptors (Lipinski definition) is 1. The van der Waals surface area contributed by atoms with Crippen molar-refractivity contribution in [3.05, 3.63) is 0 Å². The molecule has 0 bridgehead atoms. The summed E-state index contributed by atoms with van der Waals surface area (Å²) in [7, 11) is 1.81. The van der Waals surface area contributed by atoms with E-state index in [2.05, 4.69) is 25.7 Å². The van der Waals surface area contributed by atoms with E-state index in [4.69, 9.17) is 0 Å². The highest BCUT2D eigenvalue weighted by molar-refractivity contribution is 6.90. The van der Waals surface area contributed by atoms with E-state index in [-0.39, 0.29) is 0 Å². The fourth-order valence-corrected chi connectivity index (χ4v) is 3.69. The molecule has 0 amide bonds. The van der Waals surface area contributed by atoms with Crippen molar-refractivity contribution >= 4 is 18.8 Å². The van der Waals surface area contributed by atoms with E-state index in [0.29, 0.717) is 9.04 Å². The molecule has 1 unspecified atom stereocenters. The van der Waals surface area contributed by atoms with Gasteiger partial charge in [0.2, 0.25) is 0 Å². The van der Waals surface area contributed by atoms with Gasteiger partial charge in [0.15, 0.2) is 0 Å². The Bertz CT molecular complexity index is 64.1. The fraction of sp³-hybridized carbons (Fsp3) is 1.00. The third kappa shape index (κ3) is 3.18. The average molecular weight is 161 g/mol. The van der Waals surface area contributed by atoms with Crippen molar-refractivity contribution in [2.75, 3.05) is 13.1 Å². The Morgan fingerprint density at radius 1 is 1.44 bits per heavy atom. The molecule has 0 heterocycles. The fourth-order valence-electron chi connectivity index (χ4n) is 1.11. The summed E-state index contributed by atoms with van der Waals surface area (Å²) in [6, 6.07) is 0. The van der Waals surface area contributed by atoms with Crippen LogP contribution in [0.1, 0.15) is 20.8 Å². The van der Waals surface area contributed by atoms with E-state index in [1.807, 2.05) is 0 Å². The van der Waals surface area contributed by atoms with Crippen LogP contribution < -0.4 is 0 Å². The molecule has 0 aliphatic rings. The predicted molar refractivity (Wildman–Crippen MR) is 50.9 cm³/mol. The lowest BCUT2D eigenvalue weighted by atomic mass is 10.5. The topological polar surface area (TPSA) is 3.24 Å². The Kier molecular flexibility index (Phi) is 5.43. The Morgan fingerprint density at radius 2 is 1.89 bits per heavy atom. The van der Waals surface area contributed by atoms with E-state index < -0.39 is 0 Å². The van der Waals surface area contributed by atoms with Crippen molar-refractivity contribution in [3.8, 4) is 0 Å². The van der Waals surface area contributed by atoms with Gasteiger partial charge in [0.05, 0.1) is 0 Å². The molecule has 0 spiro atoms. The van der Waals surface area contributed by atoms with Gasteiger partial charge in [0.1, 0.15) is 0 Å². The molecule has 0 aliphatic carbocycles.